The van der Waals surface area contributed by atoms with Gasteiger partial charge >= 0.3 is 0 Å². The topological polar surface area (TPSA) is 67.6 Å². The van der Waals surface area contributed by atoms with Crippen LogP contribution in [0.4, 0.5) is 0 Å². The molecule has 0 aromatic carbocycles. The maximum Gasteiger partial charge on any atom is 0.240 e. The molecule has 94 valence electrons. The highest BCUT2D eigenvalue weighted by Crippen LogP contribution is 2.31. The summed E-state index contributed by atoms with van der Waals surface area (Å²) in [7, 11) is 2.06. The second-order valence-corrected chi connectivity index (χ2v) is 4.62. The lowest BCUT2D eigenvalue weighted by atomic mass is 10.2. The summed E-state index contributed by atoms with van der Waals surface area (Å²) in [4.78, 5) is 13.8. The fourth-order valence-corrected chi connectivity index (χ4v) is 1.73. The summed E-state index contributed by atoms with van der Waals surface area (Å²) in [5.74, 6) is -0.0284. The van der Waals surface area contributed by atoms with Crippen LogP contribution in [0.25, 0.3) is 0 Å². The molecule has 1 saturated heterocycles. The Bertz CT molecular complexity index is 258. The van der Waals surface area contributed by atoms with Gasteiger partial charge in [0, 0.05) is 19.6 Å². The zero-order chi connectivity index (χ0) is 10.9. The van der Waals surface area contributed by atoms with E-state index in [4.69, 9.17) is 10.5 Å². The number of amides is 1. The molecule has 2 rings (SSSR count). The molecule has 16 heavy (non-hydrogen) atoms. The van der Waals surface area contributed by atoms with Gasteiger partial charge in [-0.25, -0.2) is 0 Å². The molecule has 5 nitrogen and oxygen atoms in total. The van der Waals surface area contributed by atoms with Crippen molar-refractivity contribution in [2.24, 2.45) is 5.73 Å². The molecule has 1 heterocycles. The van der Waals surface area contributed by atoms with Crippen LogP contribution >= 0.6 is 12.4 Å². The number of hydrogen-bond donors (Lipinski definition) is 2. The van der Waals surface area contributed by atoms with Crippen LogP contribution in [0, 0.1) is 0 Å². The van der Waals surface area contributed by atoms with Crippen molar-refractivity contribution < 1.29 is 9.53 Å². The highest BCUT2D eigenvalue weighted by molar-refractivity contribution is 5.88. The van der Waals surface area contributed by atoms with E-state index in [1.165, 1.54) is 0 Å². The molecular weight excluding hydrogens is 230 g/mol. The summed E-state index contributed by atoms with van der Waals surface area (Å²) < 4.78 is 5.53. The number of nitrogens with one attached hydrogen (secondary N) is 1. The molecule has 1 amide bonds. The first kappa shape index (κ1) is 13.7. The lowest BCUT2D eigenvalue weighted by molar-refractivity contribution is -0.124. The number of ether oxygens (including phenoxy) is 1. The second kappa shape index (κ2) is 5.31. The van der Waals surface area contributed by atoms with Crippen molar-refractivity contribution in [2.75, 3.05) is 33.3 Å². The quantitative estimate of drug-likeness (QED) is 0.697. The number of likely N-dealkylation sites (N-methyl/N-ethyl adjacent to an activating group) is 1. The number of nitrogens with zero attached hydrogens (tertiary/aromatic N) is 1. The molecule has 0 aromatic rings. The summed E-state index contributed by atoms with van der Waals surface area (Å²) in [5, 5.41) is 2.86. The van der Waals surface area contributed by atoms with Crippen LogP contribution in [0.2, 0.25) is 0 Å². The zero-order valence-electron chi connectivity index (χ0n) is 9.57. The predicted octanol–water partition coefficient (Wildman–Crippen LogP) is -0.654. The Balaban J connectivity index is 0.00000128. The van der Waals surface area contributed by atoms with Crippen molar-refractivity contribution in [1.82, 2.24) is 10.2 Å². The Kier molecular flexibility index (Phi) is 4.55. The van der Waals surface area contributed by atoms with Crippen LogP contribution in [0.15, 0.2) is 0 Å². The molecule has 1 aliphatic carbocycles. The molecule has 3 N–H and O–H groups in total. The molecule has 1 saturated carbocycles. The van der Waals surface area contributed by atoms with Crippen LogP contribution in [-0.4, -0.2) is 55.7 Å². The summed E-state index contributed by atoms with van der Waals surface area (Å²) in [6.07, 6.45) is 1.73. The largest absolute Gasteiger partial charge is 0.374 e. The van der Waals surface area contributed by atoms with Crippen LogP contribution in [-0.2, 0) is 9.53 Å². The Labute approximate surface area is 102 Å². The van der Waals surface area contributed by atoms with E-state index >= 15 is 0 Å². The third-order valence-corrected chi connectivity index (χ3v) is 3.07. The Hall–Kier alpha value is -0.360. The number of carbonyl (C=O) groups excluding carboxylic acids is 1. The van der Waals surface area contributed by atoms with Gasteiger partial charge in [0.25, 0.3) is 0 Å². The molecule has 1 aliphatic heterocycles. The standard InChI is InChI=1S/C10H19N3O2.ClH/c1-13-4-5-15-8(7-13)6-12-9(14)10(11)2-3-10;/h8H,2-7,11H2,1H3,(H,12,14);1H. The number of rotatable bonds is 3. The number of hydrogen-bond acceptors (Lipinski definition) is 4. The lowest BCUT2D eigenvalue weighted by Crippen LogP contribution is -2.49. The van der Waals surface area contributed by atoms with E-state index in [9.17, 15) is 4.79 Å². The minimum absolute atomic E-state index is 0. The average Bonchev–Trinajstić information content (AvgIpc) is 2.94. The molecule has 2 aliphatic rings. The molecule has 6 heteroatoms. The van der Waals surface area contributed by atoms with Crippen molar-refractivity contribution in [3.05, 3.63) is 0 Å². The van der Waals surface area contributed by atoms with Gasteiger partial charge in [0.15, 0.2) is 0 Å². The molecule has 0 radical (unpaired) electrons. The molecule has 0 spiro atoms. The van der Waals surface area contributed by atoms with Gasteiger partial charge < -0.3 is 20.7 Å². The molecule has 2 fully saturated rings. The fourth-order valence-electron chi connectivity index (χ4n) is 1.73. The first-order chi connectivity index (χ1) is 7.10. The van der Waals surface area contributed by atoms with Crippen molar-refractivity contribution >= 4 is 18.3 Å². The van der Waals surface area contributed by atoms with Gasteiger partial charge in [-0.05, 0) is 19.9 Å². The SMILES string of the molecule is CN1CCOC(CNC(=O)C2(N)CC2)C1.Cl. The Morgan fingerprint density at radius 2 is 2.31 bits per heavy atom. The maximum atomic E-state index is 11.5. The van der Waals surface area contributed by atoms with Crippen LogP contribution in [0.5, 0.6) is 0 Å². The van der Waals surface area contributed by atoms with Gasteiger partial charge in [0.2, 0.25) is 5.91 Å². The van der Waals surface area contributed by atoms with Gasteiger partial charge in [0.1, 0.15) is 0 Å². The smallest absolute Gasteiger partial charge is 0.240 e. The maximum absolute atomic E-state index is 11.5. The first-order valence-electron chi connectivity index (χ1n) is 5.47. The van der Waals surface area contributed by atoms with Crippen molar-refractivity contribution in [3.8, 4) is 0 Å². The summed E-state index contributed by atoms with van der Waals surface area (Å²) in [6, 6.07) is 0. The minimum Gasteiger partial charge on any atom is -0.374 e. The number of halogens is 1. The third kappa shape index (κ3) is 3.31. The number of morpholine rings is 1. The summed E-state index contributed by atoms with van der Waals surface area (Å²) >= 11 is 0. The average molecular weight is 250 g/mol. The lowest BCUT2D eigenvalue weighted by Gasteiger charge is -2.30. The minimum atomic E-state index is -0.569. The first-order valence-corrected chi connectivity index (χ1v) is 5.47. The monoisotopic (exact) mass is 249 g/mol. The summed E-state index contributed by atoms with van der Waals surface area (Å²) in [6.45, 7) is 3.15. The van der Waals surface area contributed by atoms with Crippen LogP contribution in [0.3, 0.4) is 0 Å². The van der Waals surface area contributed by atoms with Gasteiger partial charge in [0.05, 0.1) is 18.2 Å². The van der Waals surface area contributed by atoms with Crippen LogP contribution in [0.1, 0.15) is 12.8 Å². The van der Waals surface area contributed by atoms with E-state index in [0.29, 0.717) is 6.54 Å². The van der Waals surface area contributed by atoms with Crippen molar-refractivity contribution in [3.63, 3.8) is 0 Å². The predicted molar refractivity (Wildman–Crippen MR) is 63.6 cm³/mol. The third-order valence-electron chi connectivity index (χ3n) is 3.07. The number of nitrogens with two attached hydrogens (primary N) is 1. The van der Waals surface area contributed by atoms with Gasteiger partial charge in [-0.3, -0.25) is 4.79 Å². The highest BCUT2D eigenvalue weighted by atomic mass is 35.5. The molecule has 0 bridgehead atoms. The van der Waals surface area contributed by atoms with Crippen LogP contribution < -0.4 is 11.1 Å². The highest BCUT2D eigenvalue weighted by Gasteiger charge is 2.45. The molecule has 1 atom stereocenters. The number of carbonyl (C=O) groups is 1. The normalized spacial score (nSPS) is 28.0. The molecule has 0 aromatic heterocycles. The molecular formula is C10H20ClN3O2. The Morgan fingerprint density at radius 3 is 2.88 bits per heavy atom. The van der Waals surface area contributed by atoms with E-state index in [0.717, 1.165) is 32.5 Å². The fraction of sp³-hybridized carbons (Fsp3) is 0.900. The van der Waals surface area contributed by atoms with Gasteiger partial charge in [-0.2, -0.15) is 0 Å². The van der Waals surface area contributed by atoms with E-state index in [1.807, 2.05) is 0 Å². The van der Waals surface area contributed by atoms with Gasteiger partial charge in [-0.1, -0.05) is 0 Å². The Morgan fingerprint density at radius 1 is 1.62 bits per heavy atom. The second-order valence-electron chi connectivity index (χ2n) is 4.62. The van der Waals surface area contributed by atoms with Crippen molar-refractivity contribution in [1.29, 1.82) is 0 Å². The molecule has 1 unspecified atom stereocenters. The van der Waals surface area contributed by atoms with E-state index in [-0.39, 0.29) is 24.4 Å². The summed E-state index contributed by atoms with van der Waals surface area (Å²) in [5.41, 5.74) is 5.20. The zero-order valence-corrected chi connectivity index (χ0v) is 10.4. The van der Waals surface area contributed by atoms with E-state index in [2.05, 4.69) is 17.3 Å². The van der Waals surface area contributed by atoms with E-state index in [1.54, 1.807) is 0 Å². The van der Waals surface area contributed by atoms with Gasteiger partial charge in [-0.15, -0.1) is 12.4 Å². The van der Waals surface area contributed by atoms with Crippen molar-refractivity contribution in [2.45, 2.75) is 24.5 Å². The van der Waals surface area contributed by atoms with E-state index < -0.39 is 5.54 Å².